The largest absolute Gasteiger partial charge is 0.313 e. The molecule has 1 rings (SSSR count). The van der Waals surface area contributed by atoms with Crippen molar-refractivity contribution in [2.75, 3.05) is 27.2 Å². The Morgan fingerprint density at radius 2 is 1.80 bits per heavy atom. The molecule has 0 aliphatic heterocycles. The van der Waals surface area contributed by atoms with Gasteiger partial charge in [0.15, 0.2) is 0 Å². The van der Waals surface area contributed by atoms with Crippen LogP contribution >= 0.6 is 0 Å². The summed E-state index contributed by atoms with van der Waals surface area (Å²) in [6, 6.07) is 11.1. The molecule has 2 atom stereocenters. The summed E-state index contributed by atoms with van der Waals surface area (Å²) in [6.45, 7) is 11.6. The van der Waals surface area contributed by atoms with E-state index >= 15 is 0 Å². The molecule has 2 unspecified atom stereocenters. The van der Waals surface area contributed by atoms with Gasteiger partial charge in [-0.3, -0.25) is 0 Å². The highest BCUT2D eigenvalue weighted by Gasteiger charge is 2.30. The smallest absolute Gasteiger partial charge is 0.0381 e. The van der Waals surface area contributed by atoms with E-state index in [1.807, 2.05) is 0 Å². The van der Waals surface area contributed by atoms with Gasteiger partial charge in [0.05, 0.1) is 0 Å². The minimum absolute atomic E-state index is 0.193. The molecule has 0 saturated carbocycles. The molecule has 0 amide bonds. The van der Waals surface area contributed by atoms with E-state index in [1.54, 1.807) is 0 Å². The second-order valence-corrected chi connectivity index (χ2v) is 6.83. The van der Waals surface area contributed by atoms with Gasteiger partial charge in [-0.15, -0.1) is 0 Å². The SMILES string of the molecule is CCC(C)CN(C)CC(C)(C)C(NC)c1ccccc1. The van der Waals surface area contributed by atoms with Crippen LogP contribution in [0.2, 0.25) is 0 Å². The lowest BCUT2D eigenvalue weighted by Crippen LogP contribution is -2.41. The quantitative estimate of drug-likeness (QED) is 0.773. The number of nitrogens with one attached hydrogen (secondary N) is 1. The molecule has 0 saturated heterocycles. The summed E-state index contributed by atoms with van der Waals surface area (Å²) in [5.74, 6) is 0.764. The third kappa shape index (κ3) is 4.92. The molecule has 0 aliphatic carbocycles. The molecule has 0 radical (unpaired) electrons. The molecule has 0 aromatic heterocycles. The molecule has 114 valence electrons. The summed E-state index contributed by atoms with van der Waals surface area (Å²) in [5.41, 5.74) is 1.56. The van der Waals surface area contributed by atoms with E-state index in [1.165, 1.54) is 18.5 Å². The van der Waals surface area contributed by atoms with Crippen molar-refractivity contribution in [2.45, 2.75) is 40.2 Å². The molecule has 0 bridgehead atoms. The fourth-order valence-electron chi connectivity index (χ4n) is 3.17. The van der Waals surface area contributed by atoms with Crippen LogP contribution in [-0.4, -0.2) is 32.1 Å². The van der Waals surface area contributed by atoms with Gasteiger partial charge in [0.2, 0.25) is 0 Å². The van der Waals surface area contributed by atoms with Gasteiger partial charge in [0, 0.05) is 19.1 Å². The first kappa shape index (κ1) is 17.2. The van der Waals surface area contributed by atoms with Gasteiger partial charge in [0.25, 0.3) is 0 Å². The Morgan fingerprint density at radius 3 is 2.30 bits per heavy atom. The standard InChI is InChI=1S/C18H32N2/c1-7-15(2)13-20(6)14-18(3,4)17(19-5)16-11-9-8-10-12-16/h8-12,15,17,19H,7,13-14H2,1-6H3. The van der Waals surface area contributed by atoms with Gasteiger partial charge in [-0.1, -0.05) is 64.4 Å². The van der Waals surface area contributed by atoms with E-state index in [2.05, 4.69) is 82.3 Å². The van der Waals surface area contributed by atoms with Gasteiger partial charge < -0.3 is 10.2 Å². The molecule has 0 fully saturated rings. The van der Waals surface area contributed by atoms with Crippen LogP contribution < -0.4 is 5.32 Å². The van der Waals surface area contributed by atoms with Crippen LogP contribution in [0.15, 0.2) is 30.3 Å². The fraction of sp³-hybridized carbons (Fsp3) is 0.667. The molecule has 1 aromatic rings. The average molecular weight is 276 g/mol. The van der Waals surface area contributed by atoms with Crippen molar-refractivity contribution >= 4 is 0 Å². The van der Waals surface area contributed by atoms with Crippen LogP contribution in [0.1, 0.15) is 45.7 Å². The molecule has 1 N–H and O–H groups in total. The fourth-order valence-corrected chi connectivity index (χ4v) is 3.17. The van der Waals surface area contributed by atoms with E-state index in [0.717, 1.165) is 12.5 Å². The summed E-state index contributed by atoms with van der Waals surface area (Å²) in [6.07, 6.45) is 1.25. The maximum Gasteiger partial charge on any atom is 0.0381 e. The highest BCUT2D eigenvalue weighted by Crippen LogP contribution is 2.33. The highest BCUT2D eigenvalue weighted by molar-refractivity contribution is 5.21. The van der Waals surface area contributed by atoms with Crippen molar-refractivity contribution in [2.24, 2.45) is 11.3 Å². The van der Waals surface area contributed by atoms with Crippen molar-refractivity contribution in [1.29, 1.82) is 0 Å². The van der Waals surface area contributed by atoms with Crippen molar-refractivity contribution in [3.63, 3.8) is 0 Å². The Bertz CT molecular complexity index is 372. The molecule has 0 heterocycles. The number of rotatable bonds is 8. The topological polar surface area (TPSA) is 15.3 Å². The Morgan fingerprint density at radius 1 is 1.20 bits per heavy atom. The minimum Gasteiger partial charge on any atom is -0.313 e. The van der Waals surface area contributed by atoms with Gasteiger partial charge in [0.1, 0.15) is 0 Å². The van der Waals surface area contributed by atoms with E-state index < -0.39 is 0 Å². The van der Waals surface area contributed by atoms with Crippen LogP contribution in [0.5, 0.6) is 0 Å². The molecular weight excluding hydrogens is 244 g/mol. The zero-order valence-corrected chi connectivity index (χ0v) is 14.1. The molecule has 2 nitrogen and oxygen atoms in total. The number of hydrogen-bond acceptors (Lipinski definition) is 2. The Balaban J connectivity index is 2.74. The lowest BCUT2D eigenvalue weighted by atomic mass is 9.80. The summed E-state index contributed by atoms with van der Waals surface area (Å²) < 4.78 is 0. The lowest BCUT2D eigenvalue weighted by Gasteiger charge is -2.38. The van der Waals surface area contributed by atoms with Gasteiger partial charge in [-0.25, -0.2) is 0 Å². The Labute approximate surface area is 125 Å². The minimum atomic E-state index is 0.193. The van der Waals surface area contributed by atoms with Crippen LogP contribution in [0.4, 0.5) is 0 Å². The monoisotopic (exact) mass is 276 g/mol. The zero-order chi connectivity index (χ0) is 15.2. The molecule has 0 aliphatic rings. The predicted molar refractivity (Wildman–Crippen MR) is 89.0 cm³/mol. The number of nitrogens with zero attached hydrogens (tertiary/aromatic N) is 1. The summed E-state index contributed by atoms with van der Waals surface area (Å²) in [4.78, 5) is 2.47. The average Bonchev–Trinajstić information content (AvgIpc) is 2.39. The van der Waals surface area contributed by atoms with Gasteiger partial charge >= 0.3 is 0 Å². The molecule has 0 spiro atoms. The van der Waals surface area contributed by atoms with Crippen molar-refractivity contribution < 1.29 is 0 Å². The van der Waals surface area contributed by atoms with Crippen LogP contribution in [0.25, 0.3) is 0 Å². The van der Waals surface area contributed by atoms with Crippen LogP contribution in [-0.2, 0) is 0 Å². The van der Waals surface area contributed by atoms with Crippen molar-refractivity contribution in [3.05, 3.63) is 35.9 Å². The summed E-state index contributed by atoms with van der Waals surface area (Å²) >= 11 is 0. The molecule has 1 aromatic carbocycles. The van der Waals surface area contributed by atoms with E-state index in [9.17, 15) is 0 Å². The molecular formula is C18H32N2. The van der Waals surface area contributed by atoms with Crippen LogP contribution in [0, 0.1) is 11.3 Å². The molecule has 20 heavy (non-hydrogen) atoms. The predicted octanol–water partition coefficient (Wildman–Crippen LogP) is 3.95. The summed E-state index contributed by atoms with van der Waals surface area (Å²) in [5, 5.41) is 3.50. The van der Waals surface area contributed by atoms with Crippen LogP contribution in [0.3, 0.4) is 0 Å². The Kier molecular flexibility index (Phi) is 6.70. The maximum atomic E-state index is 3.50. The zero-order valence-electron chi connectivity index (χ0n) is 14.1. The van der Waals surface area contributed by atoms with E-state index in [0.29, 0.717) is 6.04 Å². The van der Waals surface area contributed by atoms with E-state index in [-0.39, 0.29) is 5.41 Å². The van der Waals surface area contributed by atoms with Crippen molar-refractivity contribution in [1.82, 2.24) is 10.2 Å². The van der Waals surface area contributed by atoms with Crippen molar-refractivity contribution in [3.8, 4) is 0 Å². The first-order valence-electron chi connectivity index (χ1n) is 7.81. The normalized spacial score (nSPS) is 15.3. The third-order valence-electron chi connectivity index (χ3n) is 4.20. The first-order valence-corrected chi connectivity index (χ1v) is 7.81. The second-order valence-electron chi connectivity index (χ2n) is 6.83. The van der Waals surface area contributed by atoms with Gasteiger partial charge in [-0.05, 0) is 31.0 Å². The molecule has 2 heteroatoms. The van der Waals surface area contributed by atoms with Gasteiger partial charge in [-0.2, -0.15) is 0 Å². The first-order chi connectivity index (χ1) is 9.40. The second kappa shape index (κ2) is 7.80. The Hall–Kier alpha value is -0.860. The number of hydrogen-bond donors (Lipinski definition) is 1. The maximum absolute atomic E-state index is 3.50. The third-order valence-corrected chi connectivity index (χ3v) is 4.20. The highest BCUT2D eigenvalue weighted by atomic mass is 15.1. The van der Waals surface area contributed by atoms with E-state index in [4.69, 9.17) is 0 Å². The number of benzene rings is 1. The summed E-state index contributed by atoms with van der Waals surface area (Å²) in [7, 11) is 4.31. The lowest BCUT2D eigenvalue weighted by molar-refractivity contribution is 0.148.